The fourth-order valence-corrected chi connectivity index (χ4v) is 3.06. The van der Waals surface area contributed by atoms with Crippen LogP contribution in [0.5, 0.6) is 0 Å². The zero-order valence-electron chi connectivity index (χ0n) is 14.2. The van der Waals surface area contributed by atoms with Crippen LogP contribution in [0.25, 0.3) is 0 Å². The van der Waals surface area contributed by atoms with E-state index in [9.17, 15) is 0 Å². The molecule has 1 aliphatic rings. The molecule has 0 radical (unpaired) electrons. The average molecular weight is 282 g/mol. The summed E-state index contributed by atoms with van der Waals surface area (Å²) in [7, 11) is 2.07. The second-order valence-electron chi connectivity index (χ2n) is 5.73. The van der Waals surface area contributed by atoms with Crippen molar-refractivity contribution in [3.63, 3.8) is 0 Å². The van der Waals surface area contributed by atoms with E-state index in [1.165, 1.54) is 28.0 Å². The molecule has 1 aromatic carbocycles. The Kier molecular flexibility index (Phi) is 4.36. The third kappa shape index (κ3) is 2.55. The highest BCUT2D eigenvalue weighted by Crippen LogP contribution is 2.29. The van der Waals surface area contributed by atoms with Crippen molar-refractivity contribution in [1.29, 1.82) is 0 Å². The Morgan fingerprint density at radius 1 is 1.05 bits per heavy atom. The average Bonchev–Trinajstić information content (AvgIpc) is 2.48. The van der Waals surface area contributed by atoms with Gasteiger partial charge in [-0.05, 0) is 50.3 Å². The predicted octanol–water partition coefficient (Wildman–Crippen LogP) is 4.62. The van der Waals surface area contributed by atoms with Crippen LogP contribution in [-0.4, -0.2) is 17.7 Å². The molecule has 1 heterocycles. The molecule has 0 saturated carbocycles. The summed E-state index contributed by atoms with van der Waals surface area (Å²) in [6.45, 7) is 15.1. The van der Waals surface area contributed by atoms with Crippen molar-refractivity contribution in [3.8, 4) is 0 Å². The maximum absolute atomic E-state index is 4.83. The molecular weight excluding hydrogens is 256 g/mol. The van der Waals surface area contributed by atoms with Crippen molar-refractivity contribution in [2.24, 2.45) is 4.99 Å². The molecule has 0 bridgehead atoms. The standard InChI is InChI=1S/C19H26N2/c1-8-16-12(3)10-11-18(17(16)9-2)19-15(6)21(7)14(5)13(4)20-19/h10-11H,6,8-9H2,1-5,7H3. The molecule has 0 N–H and O–H groups in total. The lowest BCUT2D eigenvalue weighted by Gasteiger charge is -2.30. The van der Waals surface area contributed by atoms with Gasteiger partial charge < -0.3 is 4.90 Å². The van der Waals surface area contributed by atoms with E-state index in [0.717, 1.165) is 29.9 Å². The number of hydrogen-bond acceptors (Lipinski definition) is 2. The number of likely N-dealkylation sites (N-methyl/N-ethyl adjacent to an activating group) is 1. The van der Waals surface area contributed by atoms with E-state index >= 15 is 0 Å². The van der Waals surface area contributed by atoms with Crippen molar-refractivity contribution in [1.82, 2.24) is 4.90 Å². The van der Waals surface area contributed by atoms with E-state index in [1.807, 2.05) is 0 Å². The largest absolute Gasteiger partial charge is 0.345 e. The first-order valence-electron chi connectivity index (χ1n) is 7.73. The predicted molar refractivity (Wildman–Crippen MR) is 91.7 cm³/mol. The summed E-state index contributed by atoms with van der Waals surface area (Å²) in [4.78, 5) is 6.98. The van der Waals surface area contributed by atoms with Crippen LogP contribution in [0.2, 0.25) is 0 Å². The molecule has 2 heteroatoms. The van der Waals surface area contributed by atoms with Gasteiger partial charge in [0.25, 0.3) is 0 Å². The van der Waals surface area contributed by atoms with Crippen molar-refractivity contribution in [2.75, 3.05) is 7.05 Å². The van der Waals surface area contributed by atoms with E-state index in [1.54, 1.807) is 0 Å². The summed E-state index contributed by atoms with van der Waals surface area (Å²) in [5.74, 6) is 0. The van der Waals surface area contributed by atoms with Gasteiger partial charge in [0, 0.05) is 18.3 Å². The molecule has 112 valence electrons. The van der Waals surface area contributed by atoms with Crippen LogP contribution >= 0.6 is 0 Å². The maximum Gasteiger partial charge on any atom is 0.0939 e. The summed E-state index contributed by atoms with van der Waals surface area (Å²) >= 11 is 0. The number of allylic oxidation sites excluding steroid dienone is 3. The van der Waals surface area contributed by atoms with Gasteiger partial charge in [-0.15, -0.1) is 0 Å². The van der Waals surface area contributed by atoms with E-state index < -0.39 is 0 Å². The number of benzene rings is 1. The van der Waals surface area contributed by atoms with Gasteiger partial charge in [0.2, 0.25) is 0 Å². The van der Waals surface area contributed by atoms with Gasteiger partial charge in [-0.3, -0.25) is 0 Å². The molecule has 2 nitrogen and oxygen atoms in total. The summed E-state index contributed by atoms with van der Waals surface area (Å²) in [6, 6.07) is 4.42. The van der Waals surface area contributed by atoms with Crippen molar-refractivity contribution < 1.29 is 0 Å². The molecule has 2 rings (SSSR count). The lowest BCUT2D eigenvalue weighted by atomic mass is 9.89. The van der Waals surface area contributed by atoms with Gasteiger partial charge in [0.15, 0.2) is 0 Å². The number of aliphatic imine (C=N–C) groups is 1. The van der Waals surface area contributed by atoms with E-state index in [0.29, 0.717) is 0 Å². The normalized spacial score (nSPS) is 15.6. The Hall–Kier alpha value is -1.83. The Balaban J connectivity index is 2.68. The summed E-state index contributed by atoms with van der Waals surface area (Å²) < 4.78 is 0. The molecule has 1 aliphatic heterocycles. The quantitative estimate of drug-likeness (QED) is 0.790. The van der Waals surface area contributed by atoms with Gasteiger partial charge in [-0.1, -0.05) is 32.6 Å². The fraction of sp³-hybridized carbons (Fsp3) is 0.421. The summed E-state index contributed by atoms with van der Waals surface area (Å²) in [6.07, 6.45) is 2.09. The third-order valence-electron chi connectivity index (χ3n) is 4.61. The number of aryl methyl sites for hydroxylation is 1. The van der Waals surface area contributed by atoms with Crippen LogP contribution in [0.3, 0.4) is 0 Å². The molecule has 0 amide bonds. The second kappa shape index (κ2) is 5.88. The third-order valence-corrected chi connectivity index (χ3v) is 4.61. The zero-order chi connectivity index (χ0) is 15.7. The monoisotopic (exact) mass is 282 g/mol. The molecule has 1 aromatic rings. The van der Waals surface area contributed by atoms with E-state index in [-0.39, 0.29) is 0 Å². The number of rotatable bonds is 3. The van der Waals surface area contributed by atoms with Crippen LogP contribution in [-0.2, 0) is 12.8 Å². The van der Waals surface area contributed by atoms with Crippen molar-refractivity contribution >= 4 is 5.71 Å². The highest BCUT2D eigenvalue weighted by Gasteiger charge is 2.22. The first kappa shape index (κ1) is 15.6. The van der Waals surface area contributed by atoms with Gasteiger partial charge >= 0.3 is 0 Å². The zero-order valence-corrected chi connectivity index (χ0v) is 14.2. The SMILES string of the molecule is C=C1C(c2ccc(C)c(CC)c2CC)=NC(C)=C(C)N1C. The van der Waals surface area contributed by atoms with Crippen LogP contribution in [0.4, 0.5) is 0 Å². The second-order valence-corrected chi connectivity index (χ2v) is 5.73. The molecule has 0 spiro atoms. The van der Waals surface area contributed by atoms with Crippen LogP contribution in [0, 0.1) is 6.92 Å². The smallest absolute Gasteiger partial charge is 0.0939 e. The maximum atomic E-state index is 4.83. The Morgan fingerprint density at radius 3 is 2.24 bits per heavy atom. The van der Waals surface area contributed by atoms with Crippen LogP contribution in [0.1, 0.15) is 49.9 Å². The Bertz CT molecular complexity index is 648. The molecule has 0 atom stereocenters. The topological polar surface area (TPSA) is 15.6 Å². The van der Waals surface area contributed by atoms with Gasteiger partial charge in [-0.25, -0.2) is 4.99 Å². The highest BCUT2D eigenvalue weighted by atomic mass is 15.2. The minimum atomic E-state index is 0.985. The molecular formula is C19H26N2. The molecule has 0 fully saturated rings. The molecule has 21 heavy (non-hydrogen) atoms. The van der Waals surface area contributed by atoms with Crippen molar-refractivity contribution in [2.45, 2.75) is 47.5 Å². The number of nitrogens with zero attached hydrogens (tertiary/aromatic N) is 2. The van der Waals surface area contributed by atoms with E-state index in [4.69, 9.17) is 4.99 Å². The molecule has 0 unspecified atom stereocenters. The van der Waals surface area contributed by atoms with Gasteiger partial charge in [0.1, 0.15) is 0 Å². The molecule has 0 saturated heterocycles. The van der Waals surface area contributed by atoms with E-state index in [2.05, 4.69) is 65.3 Å². The fourth-order valence-electron chi connectivity index (χ4n) is 3.06. The van der Waals surface area contributed by atoms with Gasteiger partial charge in [0.05, 0.1) is 17.1 Å². The minimum absolute atomic E-state index is 0.985. The lowest BCUT2D eigenvalue weighted by Crippen LogP contribution is -2.27. The molecule has 0 aromatic heterocycles. The van der Waals surface area contributed by atoms with Gasteiger partial charge in [-0.2, -0.15) is 0 Å². The first-order chi connectivity index (χ1) is 9.92. The van der Waals surface area contributed by atoms with Crippen LogP contribution < -0.4 is 0 Å². The highest BCUT2D eigenvalue weighted by molar-refractivity contribution is 6.14. The first-order valence-corrected chi connectivity index (χ1v) is 7.73. The summed E-state index contributed by atoms with van der Waals surface area (Å²) in [5, 5.41) is 0. The summed E-state index contributed by atoms with van der Waals surface area (Å²) in [5.41, 5.74) is 9.73. The van der Waals surface area contributed by atoms with Crippen LogP contribution in [0.15, 0.2) is 40.8 Å². The molecule has 0 aliphatic carbocycles. The Morgan fingerprint density at radius 2 is 1.67 bits per heavy atom. The minimum Gasteiger partial charge on any atom is -0.345 e. The lowest BCUT2D eigenvalue weighted by molar-refractivity contribution is 0.532. The Labute approximate surface area is 128 Å². The van der Waals surface area contributed by atoms with Crippen molar-refractivity contribution in [3.05, 3.63) is 58.1 Å². The number of hydrogen-bond donors (Lipinski definition) is 0.